The zero-order valence-corrected chi connectivity index (χ0v) is 10.1. The van der Waals surface area contributed by atoms with Crippen LogP contribution in [0.15, 0.2) is 23.3 Å². The van der Waals surface area contributed by atoms with Crippen molar-refractivity contribution in [1.29, 1.82) is 0 Å². The number of aldehydes is 1. The molecule has 0 spiro atoms. The molecule has 0 aliphatic rings. The molecule has 0 bridgehead atoms. The summed E-state index contributed by atoms with van der Waals surface area (Å²) < 4.78 is 0. The van der Waals surface area contributed by atoms with Gasteiger partial charge in [-0.2, -0.15) is 5.10 Å². The number of rotatable bonds is 6. The number of nitrogens with one attached hydrogen (secondary N) is 1. The highest BCUT2D eigenvalue weighted by Crippen LogP contribution is 2.24. The van der Waals surface area contributed by atoms with Gasteiger partial charge < -0.3 is 4.79 Å². The van der Waals surface area contributed by atoms with E-state index >= 15 is 0 Å². The second-order valence-corrected chi connectivity index (χ2v) is 3.96. The minimum atomic E-state index is 0.489. The van der Waals surface area contributed by atoms with Crippen molar-refractivity contribution in [2.45, 2.75) is 19.3 Å². The van der Waals surface area contributed by atoms with Crippen LogP contribution in [0.1, 0.15) is 19.3 Å². The molecule has 0 heterocycles. The SMILES string of the molecule is O=CCCCC=NNc1ccc(Cl)c(Cl)c1. The molecule has 1 aromatic rings. The monoisotopic (exact) mass is 258 g/mol. The first-order chi connectivity index (χ1) is 7.74. The van der Waals surface area contributed by atoms with E-state index in [2.05, 4.69) is 10.5 Å². The Kier molecular flexibility index (Phi) is 5.90. The molecule has 0 unspecified atom stereocenters. The van der Waals surface area contributed by atoms with Crippen molar-refractivity contribution < 1.29 is 4.79 Å². The van der Waals surface area contributed by atoms with Crippen LogP contribution < -0.4 is 5.43 Å². The van der Waals surface area contributed by atoms with Crippen LogP contribution >= 0.6 is 23.2 Å². The van der Waals surface area contributed by atoms with E-state index in [9.17, 15) is 4.79 Å². The van der Waals surface area contributed by atoms with E-state index in [1.54, 1.807) is 24.4 Å². The molecule has 1 aromatic carbocycles. The fraction of sp³-hybridized carbons (Fsp3) is 0.273. The maximum atomic E-state index is 10.0. The molecule has 0 radical (unpaired) electrons. The summed E-state index contributed by atoms with van der Waals surface area (Å²) in [7, 11) is 0. The third-order valence-corrected chi connectivity index (χ3v) is 2.60. The number of carbonyl (C=O) groups is 1. The first-order valence-electron chi connectivity index (χ1n) is 4.90. The molecular weight excluding hydrogens is 247 g/mol. The van der Waals surface area contributed by atoms with Gasteiger partial charge in [0.15, 0.2) is 0 Å². The van der Waals surface area contributed by atoms with E-state index in [0.717, 1.165) is 24.8 Å². The molecule has 0 aliphatic heterocycles. The van der Waals surface area contributed by atoms with Crippen LogP contribution in [0.5, 0.6) is 0 Å². The molecule has 0 amide bonds. The summed E-state index contributed by atoms with van der Waals surface area (Å²) >= 11 is 11.6. The second kappa shape index (κ2) is 7.25. The summed E-state index contributed by atoms with van der Waals surface area (Å²) in [6.45, 7) is 0. The third kappa shape index (κ3) is 4.64. The lowest BCUT2D eigenvalue weighted by Crippen LogP contribution is -1.89. The normalized spacial score (nSPS) is 10.6. The van der Waals surface area contributed by atoms with Gasteiger partial charge in [-0.15, -0.1) is 0 Å². The summed E-state index contributed by atoms with van der Waals surface area (Å²) in [5.41, 5.74) is 3.61. The fourth-order valence-electron chi connectivity index (χ4n) is 1.04. The Labute approximate surface area is 104 Å². The number of nitrogens with zero attached hydrogens (tertiary/aromatic N) is 1. The number of halogens is 2. The summed E-state index contributed by atoms with van der Waals surface area (Å²) in [6.07, 6.45) is 4.79. The van der Waals surface area contributed by atoms with Crippen molar-refractivity contribution >= 4 is 41.4 Å². The molecule has 1 rings (SSSR count). The predicted molar refractivity (Wildman–Crippen MR) is 68.5 cm³/mol. The van der Waals surface area contributed by atoms with Gasteiger partial charge in [0, 0.05) is 12.6 Å². The minimum absolute atomic E-state index is 0.489. The van der Waals surface area contributed by atoms with E-state index in [4.69, 9.17) is 23.2 Å². The van der Waals surface area contributed by atoms with Crippen molar-refractivity contribution in [2.24, 2.45) is 5.10 Å². The number of benzene rings is 1. The maximum Gasteiger partial charge on any atom is 0.120 e. The highest BCUT2D eigenvalue weighted by molar-refractivity contribution is 6.42. The predicted octanol–water partition coefficient (Wildman–Crippen LogP) is 3.76. The molecule has 0 atom stereocenters. The van der Waals surface area contributed by atoms with Crippen molar-refractivity contribution in [1.82, 2.24) is 0 Å². The number of hydrogen-bond donors (Lipinski definition) is 1. The average Bonchev–Trinajstić information content (AvgIpc) is 2.28. The fourth-order valence-corrected chi connectivity index (χ4v) is 1.34. The highest BCUT2D eigenvalue weighted by Gasteiger charge is 1.97. The number of carbonyl (C=O) groups excluding carboxylic acids is 1. The second-order valence-electron chi connectivity index (χ2n) is 3.15. The Morgan fingerprint density at radius 1 is 1.25 bits per heavy atom. The van der Waals surface area contributed by atoms with Crippen LogP contribution in [0.4, 0.5) is 5.69 Å². The molecule has 0 saturated heterocycles. The van der Waals surface area contributed by atoms with E-state index in [1.807, 2.05) is 0 Å². The van der Waals surface area contributed by atoms with Gasteiger partial charge >= 0.3 is 0 Å². The molecule has 0 saturated carbocycles. The summed E-state index contributed by atoms with van der Waals surface area (Å²) in [4.78, 5) is 10.0. The van der Waals surface area contributed by atoms with Gasteiger partial charge in [0.25, 0.3) is 0 Å². The van der Waals surface area contributed by atoms with Crippen LogP contribution in [0, 0.1) is 0 Å². The van der Waals surface area contributed by atoms with Gasteiger partial charge in [0.05, 0.1) is 15.7 Å². The Balaban J connectivity index is 2.36. The van der Waals surface area contributed by atoms with Crippen molar-refractivity contribution in [3.63, 3.8) is 0 Å². The number of hydrogen-bond acceptors (Lipinski definition) is 3. The lowest BCUT2D eigenvalue weighted by Gasteiger charge is -2.01. The zero-order chi connectivity index (χ0) is 11.8. The van der Waals surface area contributed by atoms with Gasteiger partial charge in [-0.05, 0) is 31.0 Å². The lowest BCUT2D eigenvalue weighted by atomic mass is 10.3. The van der Waals surface area contributed by atoms with Crippen LogP contribution in [0.3, 0.4) is 0 Å². The van der Waals surface area contributed by atoms with Gasteiger partial charge in [0.1, 0.15) is 6.29 Å². The Morgan fingerprint density at radius 3 is 2.75 bits per heavy atom. The van der Waals surface area contributed by atoms with E-state index in [1.165, 1.54) is 0 Å². The summed E-state index contributed by atoms with van der Waals surface area (Å²) in [6, 6.07) is 5.19. The van der Waals surface area contributed by atoms with Crippen molar-refractivity contribution in [3.05, 3.63) is 28.2 Å². The first kappa shape index (κ1) is 13.0. The van der Waals surface area contributed by atoms with Gasteiger partial charge in [-0.3, -0.25) is 5.43 Å². The molecular formula is C11H12Cl2N2O. The number of hydrazone groups is 1. The quantitative estimate of drug-likeness (QED) is 0.365. The molecule has 0 aliphatic carbocycles. The van der Waals surface area contributed by atoms with E-state index in [-0.39, 0.29) is 0 Å². The molecule has 16 heavy (non-hydrogen) atoms. The molecule has 3 nitrogen and oxygen atoms in total. The number of unbranched alkanes of at least 4 members (excludes halogenated alkanes) is 2. The third-order valence-electron chi connectivity index (χ3n) is 1.86. The van der Waals surface area contributed by atoms with Gasteiger partial charge in [-0.1, -0.05) is 23.2 Å². The molecule has 0 fully saturated rings. The maximum absolute atomic E-state index is 10.0. The highest BCUT2D eigenvalue weighted by atomic mass is 35.5. The smallest absolute Gasteiger partial charge is 0.120 e. The average molecular weight is 259 g/mol. The van der Waals surface area contributed by atoms with Crippen molar-refractivity contribution in [3.8, 4) is 0 Å². The number of anilines is 1. The lowest BCUT2D eigenvalue weighted by molar-refractivity contribution is -0.107. The van der Waals surface area contributed by atoms with Gasteiger partial charge in [-0.25, -0.2) is 0 Å². The van der Waals surface area contributed by atoms with E-state index in [0.29, 0.717) is 16.5 Å². The largest absolute Gasteiger partial charge is 0.303 e. The van der Waals surface area contributed by atoms with Crippen molar-refractivity contribution in [2.75, 3.05) is 5.43 Å². The topological polar surface area (TPSA) is 41.5 Å². The summed E-state index contributed by atoms with van der Waals surface area (Å²) in [5, 5.41) is 5.00. The van der Waals surface area contributed by atoms with E-state index < -0.39 is 0 Å². The minimum Gasteiger partial charge on any atom is -0.303 e. The molecule has 86 valence electrons. The molecule has 5 heteroatoms. The van der Waals surface area contributed by atoms with Crippen LogP contribution in [-0.2, 0) is 4.79 Å². The van der Waals surface area contributed by atoms with Crippen LogP contribution in [0.25, 0.3) is 0 Å². The molecule has 0 aromatic heterocycles. The Morgan fingerprint density at radius 2 is 2.06 bits per heavy atom. The Hall–Kier alpha value is -1.06. The van der Waals surface area contributed by atoms with Gasteiger partial charge in [0.2, 0.25) is 0 Å². The van der Waals surface area contributed by atoms with Crippen LogP contribution in [0.2, 0.25) is 10.0 Å². The standard InChI is InChI=1S/C11H12Cl2N2O/c12-10-5-4-9(8-11(10)13)15-14-6-2-1-3-7-16/h4-8,15H,1-3H2. The summed E-state index contributed by atoms with van der Waals surface area (Å²) in [5.74, 6) is 0. The molecule has 1 N–H and O–H groups in total. The first-order valence-corrected chi connectivity index (χ1v) is 5.66. The van der Waals surface area contributed by atoms with Crippen LogP contribution in [-0.4, -0.2) is 12.5 Å². The Bertz CT molecular complexity index is 380. The zero-order valence-electron chi connectivity index (χ0n) is 8.62.